The lowest BCUT2D eigenvalue weighted by Crippen LogP contribution is -2.15. The van der Waals surface area contributed by atoms with Crippen molar-refractivity contribution < 1.29 is 5.11 Å². The fourth-order valence-corrected chi connectivity index (χ4v) is 3.35. The molecule has 0 amide bonds. The van der Waals surface area contributed by atoms with E-state index in [1.165, 1.54) is 16.5 Å². The summed E-state index contributed by atoms with van der Waals surface area (Å²) in [5.74, 6) is 0.329. The molecule has 0 aliphatic rings. The Bertz CT molecular complexity index is 825. The molecule has 0 fully saturated rings. The van der Waals surface area contributed by atoms with Crippen molar-refractivity contribution >= 4 is 22.5 Å². The smallest absolute Gasteiger partial charge is 0.134 e. The number of para-hydroxylation sites is 1. The molecule has 0 aliphatic heterocycles. The van der Waals surface area contributed by atoms with Crippen molar-refractivity contribution in [2.45, 2.75) is 25.8 Å². The first kappa shape index (κ1) is 15.9. The van der Waals surface area contributed by atoms with Crippen LogP contribution < -0.4 is 5.73 Å². The van der Waals surface area contributed by atoms with Gasteiger partial charge in [0.25, 0.3) is 0 Å². The number of aromatic hydroxyl groups is 1. The summed E-state index contributed by atoms with van der Waals surface area (Å²) >= 11 is 6.02. The number of halogens is 1. The minimum absolute atomic E-state index is 0.113. The largest absolute Gasteiger partial charge is 0.506 e. The van der Waals surface area contributed by atoms with E-state index in [1.807, 2.05) is 12.1 Å². The van der Waals surface area contributed by atoms with Crippen LogP contribution in [0.15, 0.2) is 48.7 Å². The Hall–Kier alpha value is -1.97. The fourth-order valence-electron chi connectivity index (χ4n) is 3.14. The van der Waals surface area contributed by atoms with Gasteiger partial charge in [-0.2, -0.15) is 0 Å². The van der Waals surface area contributed by atoms with Gasteiger partial charge in [-0.15, -0.1) is 0 Å². The molecule has 0 bridgehead atoms. The predicted molar refractivity (Wildman–Crippen MR) is 96.2 cm³/mol. The number of phenolic OH excluding ortho intramolecular Hbond substituents is 1. The average molecular weight is 329 g/mol. The van der Waals surface area contributed by atoms with Gasteiger partial charge in [-0.1, -0.05) is 35.9 Å². The van der Waals surface area contributed by atoms with Crippen LogP contribution >= 0.6 is 11.6 Å². The van der Waals surface area contributed by atoms with Crippen LogP contribution in [0.3, 0.4) is 0 Å². The zero-order valence-electron chi connectivity index (χ0n) is 13.2. The van der Waals surface area contributed by atoms with Crippen molar-refractivity contribution in [2.24, 2.45) is 5.73 Å². The van der Waals surface area contributed by atoms with Crippen LogP contribution in [0.1, 0.15) is 24.0 Å². The maximum atomic E-state index is 9.57. The number of fused-ring (bicyclic) bond motifs is 1. The van der Waals surface area contributed by atoms with E-state index >= 15 is 0 Å². The Morgan fingerprint density at radius 3 is 2.70 bits per heavy atom. The lowest BCUT2D eigenvalue weighted by molar-refractivity contribution is 0.475. The number of rotatable bonds is 5. The number of phenols is 1. The Morgan fingerprint density at radius 2 is 2.00 bits per heavy atom. The molecule has 1 aromatic heterocycles. The van der Waals surface area contributed by atoms with Crippen molar-refractivity contribution in [1.29, 1.82) is 0 Å². The zero-order chi connectivity index (χ0) is 16.4. The Balaban J connectivity index is 1.99. The van der Waals surface area contributed by atoms with E-state index < -0.39 is 0 Å². The molecule has 1 heterocycles. The molecule has 3 rings (SSSR count). The molecular formula is C19H21ClN2O. The monoisotopic (exact) mass is 328 g/mol. The highest BCUT2D eigenvalue weighted by molar-refractivity contribution is 6.32. The van der Waals surface area contributed by atoms with Gasteiger partial charge in [0.1, 0.15) is 5.75 Å². The molecule has 3 nitrogen and oxygen atoms in total. The van der Waals surface area contributed by atoms with Gasteiger partial charge in [0, 0.05) is 29.6 Å². The van der Waals surface area contributed by atoms with E-state index in [1.54, 1.807) is 6.07 Å². The van der Waals surface area contributed by atoms with Crippen LogP contribution in [0.25, 0.3) is 10.9 Å². The maximum absolute atomic E-state index is 9.57. The molecule has 0 saturated heterocycles. The molecule has 0 radical (unpaired) electrons. The van der Waals surface area contributed by atoms with Gasteiger partial charge in [0.05, 0.1) is 5.02 Å². The standard InChI is InChI=1S/C19H21ClN2O/c1-2-22-12-16(15-5-3-4-6-18(15)22)14(11-21)9-13-7-8-19(23)17(20)10-13/h3-8,10,12,14,23H,2,9,11,21H2,1H3. The van der Waals surface area contributed by atoms with Gasteiger partial charge in [-0.25, -0.2) is 0 Å². The van der Waals surface area contributed by atoms with E-state index in [4.69, 9.17) is 17.3 Å². The first-order valence-electron chi connectivity index (χ1n) is 7.89. The first-order valence-corrected chi connectivity index (χ1v) is 8.27. The van der Waals surface area contributed by atoms with Gasteiger partial charge in [0.15, 0.2) is 0 Å². The van der Waals surface area contributed by atoms with E-state index in [0.29, 0.717) is 11.6 Å². The topological polar surface area (TPSA) is 51.2 Å². The number of nitrogens with zero attached hydrogens (tertiary/aromatic N) is 1. The summed E-state index contributed by atoms with van der Waals surface area (Å²) in [5.41, 5.74) is 9.67. The molecule has 3 N–H and O–H groups in total. The molecule has 120 valence electrons. The van der Waals surface area contributed by atoms with Gasteiger partial charge < -0.3 is 15.4 Å². The quantitative estimate of drug-likeness (QED) is 0.733. The van der Waals surface area contributed by atoms with Crippen LogP contribution in [0.4, 0.5) is 0 Å². The second-order valence-corrected chi connectivity index (χ2v) is 6.22. The van der Waals surface area contributed by atoms with Crippen LogP contribution in [0.5, 0.6) is 5.75 Å². The molecule has 1 unspecified atom stereocenters. The normalized spacial score (nSPS) is 12.7. The van der Waals surface area contributed by atoms with Crippen molar-refractivity contribution in [3.05, 3.63) is 64.8 Å². The molecule has 1 atom stereocenters. The number of hydrogen-bond acceptors (Lipinski definition) is 2. The number of aryl methyl sites for hydroxylation is 1. The van der Waals surface area contributed by atoms with E-state index in [2.05, 4.69) is 42.0 Å². The lowest BCUT2D eigenvalue weighted by Gasteiger charge is -2.15. The van der Waals surface area contributed by atoms with E-state index in [0.717, 1.165) is 18.5 Å². The highest BCUT2D eigenvalue weighted by atomic mass is 35.5. The van der Waals surface area contributed by atoms with Crippen LogP contribution in [-0.4, -0.2) is 16.2 Å². The molecule has 2 aromatic carbocycles. The highest BCUT2D eigenvalue weighted by Gasteiger charge is 2.17. The Labute approximate surface area is 141 Å². The third kappa shape index (κ3) is 3.07. The average Bonchev–Trinajstić information content (AvgIpc) is 2.94. The summed E-state index contributed by atoms with van der Waals surface area (Å²) in [4.78, 5) is 0. The number of hydrogen-bond donors (Lipinski definition) is 2. The van der Waals surface area contributed by atoms with Crippen molar-refractivity contribution in [1.82, 2.24) is 4.57 Å². The first-order chi connectivity index (χ1) is 11.1. The molecule has 0 aliphatic carbocycles. The molecule has 0 spiro atoms. The molecular weight excluding hydrogens is 308 g/mol. The number of nitrogens with two attached hydrogens (primary N) is 1. The highest BCUT2D eigenvalue weighted by Crippen LogP contribution is 2.31. The SMILES string of the molecule is CCn1cc(C(CN)Cc2ccc(O)c(Cl)c2)c2ccccc21. The maximum Gasteiger partial charge on any atom is 0.134 e. The van der Waals surface area contributed by atoms with Crippen molar-refractivity contribution in [3.63, 3.8) is 0 Å². The third-order valence-corrected chi connectivity index (χ3v) is 4.68. The molecule has 0 saturated carbocycles. The van der Waals surface area contributed by atoms with E-state index in [-0.39, 0.29) is 11.7 Å². The second kappa shape index (κ2) is 6.65. The Kier molecular flexibility index (Phi) is 4.60. The summed E-state index contributed by atoms with van der Waals surface area (Å²) < 4.78 is 2.26. The van der Waals surface area contributed by atoms with Crippen LogP contribution in [-0.2, 0) is 13.0 Å². The van der Waals surface area contributed by atoms with Gasteiger partial charge >= 0.3 is 0 Å². The minimum atomic E-state index is 0.113. The summed E-state index contributed by atoms with van der Waals surface area (Å²) in [5, 5.41) is 11.2. The summed E-state index contributed by atoms with van der Waals surface area (Å²) in [6.07, 6.45) is 3.01. The van der Waals surface area contributed by atoms with Gasteiger partial charge in [0.2, 0.25) is 0 Å². The minimum Gasteiger partial charge on any atom is -0.506 e. The fraction of sp³-hybridized carbons (Fsp3) is 0.263. The number of aromatic nitrogens is 1. The second-order valence-electron chi connectivity index (χ2n) is 5.81. The van der Waals surface area contributed by atoms with Crippen molar-refractivity contribution in [3.8, 4) is 5.75 Å². The number of benzene rings is 2. The molecule has 3 aromatic rings. The third-order valence-electron chi connectivity index (χ3n) is 4.38. The summed E-state index contributed by atoms with van der Waals surface area (Å²) in [6, 6.07) is 13.8. The molecule has 23 heavy (non-hydrogen) atoms. The zero-order valence-corrected chi connectivity index (χ0v) is 13.9. The molecule has 4 heteroatoms. The summed E-state index contributed by atoms with van der Waals surface area (Å²) in [7, 11) is 0. The van der Waals surface area contributed by atoms with Gasteiger partial charge in [-0.3, -0.25) is 0 Å². The van der Waals surface area contributed by atoms with Gasteiger partial charge in [-0.05, 0) is 49.2 Å². The van der Waals surface area contributed by atoms with Crippen LogP contribution in [0.2, 0.25) is 5.02 Å². The lowest BCUT2D eigenvalue weighted by atomic mass is 9.92. The van der Waals surface area contributed by atoms with E-state index in [9.17, 15) is 5.11 Å². The Morgan fingerprint density at radius 1 is 1.22 bits per heavy atom. The predicted octanol–water partition coefficient (Wildman–Crippen LogP) is 4.31. The summed E-state index contributed by atoms with van der Waals surface area (Å²) in [6.45, 7) is 3.65. The van der Waals surface area contributed by atoms with Crippen LogP contribution in [0, 0.1) is 0 Å². The van der Waals surface area contributed by atoms with Crippen molar-refractivity contribution in [2.75, 3.05) is 6.54 Å².